The zero-order valence-electron chi connectivity index (χ0n) is 77.1. The number of fused-ring (bicyclic) bond motifs is 1. The van der Waals surface area contributed by atoms with Crippen LogP contribution in [0, 0.1) is 11.8 Å². The third-order valence-electron chi connectivity index (χ3n) is 21.9. The van der Waals surface area contributed by atoms with E-state index in [1.54, 1.807) is 58.0 Å². The summed E-state index contributed by atoms with van der Waals surface area (Å²) < 4.78 is 0. The van der Waals surface area contributed by atoms with E-state index in [1.807, 2.05) is 0 Å². The molecular formula is C91H127N17O29. The molecule has 0 saturated carbocycles. The van der Waals surface area contributed by atoms with Crippen LogP contribution in [0.1, 0.15) is 176 Å². The molecule has 0 spiro atoms. The van der Waals surface area contributed by atoms with Gasteiger partial charge in [-0.2, -0.15) is 0 Å². The van der Waals surface area contributed by atoms with Crippen molar-refractivity contribution in [1.82, 2.24) is 84.7 Å². The lowest BCUT2D eigenvalue weighted by Crippen LogP contribution is -2.63. The van der Waals surface area contributed by atoms with Crippen molar-refractivity contribution in [2.75, 3.05) is 39.4 Å². The number of rotatable bonds is 61. The molecular weight excluding hydrogens is 1800 g/mol. The number of hydrogen-bond acceptors (Lipinski definition) is 27. The van der Waals surface area contributed by atoms with Gasteiger partial charge in [-0.1, -0.05) is 114 Å². The number of nitrogens with zero attached hydrogens (tertiary/aromatic N) is 1. The van der Waals surface area contributed by atoms with Gasteiger partial charge in [0.15, 0.2) is 0 Å². The Labute approximate surface area is 789 Å². The molecule has 0 unspecified atom stereocenters. The maximum atomic E-state index is 14.7. The molecule has 1 aliphatic heterocycles. The Kier molecular flexibility index (Phi) is 47.6. The quantitative estimate of drug-likeness (QED) is 0.0147. The molecule has 0 radical (unpaired) electrons. The van der Waals surface area contributed by atoms with E-state index in [4.69, 9.17) is 5.73 Å². The summed E-state index contributed by atoms with van der Waals surface area (Å²) in [6, 6.07) is 1.95. The number of aromatic hydroxyl groups is 2. The van der Waals surface area contributed by atoms with Crippen LogP contribution in [0.2, 0.25) is 0 Å². The molecule has 5 rings (SSSR count). The molecule has 0 fully saturated rings. The van der Waals surface area contributed by atoms with Crippen LogP contribution in [0.25, 0.3) is 0 Å². The number of aliphatic carboxylic acids is 3. The van der Waals surface area contributed by atoms with Crippen molar-refractivity contribution in [2.24, 2.45) is 17.6 Å². The number of carbonyl (C=O) groups is 20. The topological polar surface area (TPSA) is 733 Å². The van der Waals surface area contributed by atoms with Crippen molar-refractivity contribution in [1.29, 1.82) is 0 Å². The van der Waals surface area contributed by atoms with Crippen LogP contribution >= 0.6 is 0 Å². The van der Waals surface area contributed by atoms with E-state index in [9.17, 15) is 142 Å². The molecule has 4 aromatic carbocycles. The number of carbonyl (C=O) groups excluding carboxylic acids is 17. The van der Waals surface area contributed by atoms with Gasteiger partial charge in [-0.15, -0.1) is 0 Å². The Hall–Kier alpha value is -14.1. The second-order valence-corrected chi connectivity index (χ2v) is 33.7. The second kappa shape index (κ2) is 57.6. The molecule has 4 aromatic rings. The Morgan fingerprint density at radius 1 is 0.365 bits per heavy atom. The number of phenolic OH excluding ortho intramolecular Hbond substituents is 2. The van der Waals surface area contributed by atoms with Crippen LogP contribution in [-0.2, 0) is 106 Å². The highest BCUT2D eigenvalue weighted by Gasteiger charge is 2.41. The average Bonchev–Trinajstić information content (AvgIpc) is 1.64. The molecule has 1 aliphatic rings. The van der Waals surface area contributed by atoms with Gasteiger partial charge in [0.05, 0.1) is 55.9 Å². The first kappa shape index (κ1) is 113. The average molecular weight is 1920 g/mol. The van der Waals surface area contributed by atoms with Gasteiger partial charge in [0.2, 0.25) is 88.6 Å². The highest BCUT2D eigenvalue weighted by molar-refractivity contribution is 6.21. The first-order valence-electron chi connectivity index (χ1n) is 44.8. The van der Waals surface area contributed by atoms with Crippen LogP contribution in [0.4, 0.5) is 0 Å². The molecule has 750 valence electrons. The first-order chi connectivity index (χ1) is 64.9. The van der Waals surface area contributed by atoms with E-state index >= 15 is 0 Å². The minimum Gasteiger partial charge on any atom is -0.508 e. The van der Waals surface area contributed by atoms with Crippen molar-refractivity contribution in [2.45, 2.75) is 248 Å². The van der Waals surface area contributed by atoms with E-state index in [0.29, 0.717) is 30.5 Å². The van der Waals surface area contributed by atoms with Crippen LogP contribution < -0.4 is 85.5 Å². The molecule has 26 N–H and O–H groups in total. The third kappa shape index (κ3) is 39.0. The summed E-state index contributed by atoms with van der Waals surface area (Å²) in [6.45, 7) is 7.12. The fourth-order valence-corrected chi connectivity index (χ4v) is 14.2. The number of nitrogens with one attached hydrogen (secondary N) is 15. The standard InChI is InChI=1S/C91H127N17O29/c1-8-49(4)75(87(133)101-63(42-55-28-32-57(114)33-29-55)81(127)97-61(39-48(2)3)80(126)99-65(43-73(120)121)79(125)95-50(5)19-11-10-18-36-92)106-86(132)68(47-110)103-82(128)62(41-54-26-30-56(113)31-27-54)98-83(129)66(44-74(122)123)100-85(131)67(46-109)104-89(135)77(52(7)112)107-84(130)64(40-53-20-12-9-13-21-53)102-88(134)76(51(6)111)105-71(117)45-94-78(124)60(34-35-72(118)119)96-70(116)25-17-16-24-69(115)93-37-38-108-90(136)58-22-14-15-23-59(58)91(108)137/h9,12-15,20-23,26-33,48-52,60-68,75-77,109-114H,8,10-11,16-19,24-25,34-47,92H2,1-7H3,(H,93,115)(H,94,124)(H,95,125)(H,96,116)(H,97,127)(H,98,129)(H,99,126)(H,100,131)(H,101,133)(H,102,134)(H,103,128)(H,104,135)(H,105,117)(H,106,132)(H,107,130)(H,118,119)(H,120,121)(H,122,123)/t49-,50+,51+,52+,60-,61-,62-,63-,64-,65-,66-,67-,68-,75-,76-,77-/m0/s1. The maximum Gasteiger partial charge on any atom is 0.305 e. The lowest BCUT2D eigenvalue weighted by atomic mass is 9.96. The molecule has 16 atom stereocenters. The number of hydrogen-bond donors (Lipinski definition) is 25. The summed E-state index contributed by atoms with van der Waals surface area (Å²) >= 11 is 0. The Morgan fingerprint density at radius 3 is 1.23 bits per heavy atom. The zero-order valence-corrected chi connectivity index (χ0v) is 77.1. The summed E-state index contributed by atoms with van der Waals surface area (Å²) in [4.78, 5) is 272. The lowest BCUT2D eigenvalue weighted by Gasteiger charge is -2.30. The van der Waals surface area contributed by atoms with Gasteiger partial charge in [-0.3, -0.25) is 101 Å². The number of phenols is 2. The fourth-order valence-electron chi connectivity index (χ4n) is 14.2. The monoisotopic (exact) mass is 1920 g/mol. The number of aliphatic hydroxyl groups is 4. The van der Waals surface area contributed by atoms with Crippen LogP contribution in [0.15, 0.2) is 103 Å². The number of carboxylic acids is 3. The Bertz CT molecular complexity index is 4800. The number of benzene rings is 4. The molecule has 0 bridgehead atoms. The molecule has 17 amide bonds. The lowest BCUT2D eigenvalue weighted by molar-refractivity contribution is -0.142. The van der Waals surface area contributed by atoms with E-state index in [0.717, 1.165) is 31.6 Å². The maximum absolute atomic E-state index is 14.7. The van der Waals surface area contributed by atoms with Crippen molar-refractivity contribution in [3.63, 3.8) is 0 Å². The molecule has 1 heterocycles. The molecule has 137 heavy (non-hydrogen) atoms. The number of aliphatic hydroxyl groups excluding tert-OH is 4. The summed E-state index contributed by atoms with van der Waals surface area (Å²) in [5.74, 6) is -23.8. The second-order valence-electron chi connectivity index (χ2n) is 33.7. The summed E-state index contributed by atoms with van der Waals surface area (Å²) in [7, 11) is 0. The van der Waals surface area contributed by atoms with Gasteiger partial charge >= 0.3 is 17.9 Å². The van der Waals surface area contributed by atoms with Gasteiger partial charge in [-0.25, -0.2) is 0 Å². The smallest absolute Gasteiger partial charge is 0.305 e. The number of amides is 17. The normalized spacial score (nSPS) is 15.1. The number of imide groups is 1. The van der Waals surface area contributed by atoms with Crippen LogP contribution in [0.3, 0.4) is 0 Å². The van der Waals surface area contributed by atoms with Gasteiger partial charge in [0.1, 0.15) is 84.0 Å². The van der Waals surface area contributed by atoms with Crippen molar-refractivity contribution < 1.29 is 142 Å². The molecule has 46 heteroatoms. The van der Waals surface area contributed by atoms with E-state index in [1.165, 1.54) is 79.7 Å². The Morgan fingerprint density at radius 2 is 0.759 bits per heavy atom. The van der Waals surface area contributed by atoms with Crippen LogP contribution in [0.5, 0.6) is 11.5 Å². The molecule has 46 nitrogen and oxygen atoms in total. The largest absolute Gasteiger partial charge is 0.508 e. The third-order valence-corrected chi connectivity index (χ3v) is 21.9. The number of carboxylic acid groups (broad SMARTS) is 3. The number of unbranched alkanes of at least 4 members (excludes halogenated alkanes) is 3. The first-order valence-corrected chi connectivity index (χ1v) is 44.8. The highest BCUT2D eigenvalue weighted by atomic mass is 16.4. The van der Waals surface area contributed by atoms with Crippen molar-refractivity contribution >= 4 is 118 Å². The summed E-state index contributed by atoms with van der Waals surface area (Å²) in [6.07, 6.45) is -5.51. The van der Waals surface area contributed by atoms with E-state index in [-0.39, 0.29) is 92.1 Å². The van der Waals surface area contributed by atoms with Gasteiger partial charge in [0, 0.05) is 57.7 Å². The van der Waals surface area contributed by atoms with Gasteiger partial charge < -0.3 is 131 Å². The van der Waals surface area contributed by atoms with E-state index in [2.05, 4.69) is 79.8 Å². The number of nitrogens with two attached hydrogens (primary N) is 1. The minimum atomic E-state index is -2.23. The SMILES string of the molecule is CC[C@H](C)[C@H](NC(=O)[C@H](CO)NC(=O)[C@H](Cc1ccc(O)cc1)NC(=O)[C@H](CC(=O)O)NC(=O)[C@H](CO)NC(=O)[C@@H](NC(=O)[C@H](Cc1ccccc1)NC(=O)[C@@H](NC(=O)CNC(=O)[C@H](CCC(=O)O)NC(=O)CCCCC(=O)NCCN1C(=O)c2ccccc2C1=O)[C@@H](C)O)[C@@H](C)O)C(=O)N[C@@H](Cc1ccc(O)cc1)C(=O)N[C@@H](CC(C)C)C(=O)N[C@@H](CC(=O)O)C(=O)N[C@H](C)CCCCCN. The molecule has 0 aliphatic carbocycles. The highest BCUT2D eigenvalue weighted by Crippen LogP contribution is 2.23. The predicted octanol–water partition coefficient (Wildman–Crippen LogP) is -4.29. The summed E-state index contributed by atoms with van der Waals surface area (Å²) in [5.41, 5.74) is 6.97. The Balaban J connectivity index is 1.27. The fraction of sp³-hybridized carbons (Fsp3) is 0.516. The minimum absolute atomic E-state index is 0.0500. The molecule has 0 saturated heterocycles. The van der Waals surface area contributed by atoms with E-state index < -0.39 is 273 Å². The van der Waals surface area contributed by atoms with Crippen LogP contribution in [-0.4, -0.2) is 299 Å². The predicted molar refractivity (Wildman–Crippen MR) is 486 cm³/mol. The van der Waals surface area contributed by atoms with Crippen molar-refractivity contribution in [3.05, 3.63) is 131 Å². The molecule has 0 aromatic heterocycles. The van der Waals surface area contributed by atoms with Gasteiger partial charge in [-0.05, 0) is 131 Å². The summed E-state index contributed by atoms with van der Waals surface area (Å²) in [5, 5.41) is 128. The van der Waals surface area contributed by atoms with Gasteiger partial charge in [0.25, 0.3) is 11.8 Å². The van der Waals surface area contributed by atoms with Crippen molar-refractivity contribution in [3.8, 4) is 11.5 Å². The zero-order chi connectivity index (χ0) is 102.